The first-order valence-electron chi connectivity index (χ1n) is 7.19. The molecule has 0 bridgehead atoms. The number of piperazine rings is 1. The summed E-state index contributed by atoms with van der Waals surface area (Å²) >= 11 is 11.5. The monoisotopic (exact) mass is 334 g/mol. The standard InChI is InChI=1S/C17H16ClFN2S/c18-14-3-1-13(2-4-14)17(22)21-11-9-20(10-12-21)16-7-5-15(19)6-8-16/h1-8H,9-12H2. The van der Waals surface area contributed by atoms with Gasteiger partial charge in [0.15, 0.2) is 0 Å². The maximum Gasteiger partial charge on any atom is 0.123 e. The first-order valence-corrected chi connectivity index (χ1v) is 7.97. The molecule has 22 heavy (non-hydrogen) atoms. The van der Waals surface area contributed by atoms with Crippen molar-refractivity contribution in [3.05, 3.63) is 64.9 Å². The average Bonchev–Trinajstić information content (AvgIpc) is 2.56. The minimum Gasteiger partial charge on any atom is -0.368 e. The Hall–Kier alpha value is -1.65. The molecule has 0 aliphatic carbocycles. The van der Waals surface area contributed by atoms with Crippen molar-refractivity contribution in [3.8, 4) is 0 Å². The SMILES string of the molecule is Fc1ccc(N2CCN(C(=S)c3ccc(Cl)cc3)CC2)cc1. The van der Waals surface area contributed by atoms with Crippen LogP contribution in [-0.2, 0) is 0 Å². The third kappa shape index (κ3) is 3.39. The van der Waals surface area contributed by atoms with Crippen LogP contribution >= 0.6 is 23.8 Å². The largest absolute Gasteiger partial charge is 0.368 e. The van der Waals surface area contributed by atoms with Crippen molar-refractivity contribution in [1.82, 2.24) is 4.90 Å². The molecule has 0 spiro atoms. The van der Waals surface area contributed by atoms with Crippen molar-refractivity contribution in [2.45, 2.75) is 0 Å². The number of halogens is 2. The smallest absolute Gasteiger partial charge is 0.123 e. The number of thiocarbonyl (C=S) groups is 1. The van der Waals surface area contributed by atoms with Gasteiger partial charge in [-0.25, -0.2) is 4.39 Å². The Balaban J connectivity index is 1.62. The zero-order valence-electron chi connectivity index (χ0n) is 12.0. The Bertz CT molecular complexity index is 649. The van der Waals surface area contributed by atoms with Crippen LogP contribution in [0.15, 0.2) is 48.5 Å². The highest BCUT2D eigenvalue weighted by atomic mass is 35.5. The van der Waals surface area contributed by atoms with E-state index in [0.29, 0.717) is 5.02 Å². The highest BCUT2D eigenvalue weighted by Gasteiger charge is 2.19. The Morgan fingerprint density at radius 1 is 0.909 bits per heavy atom. The molecule has 5 heteroatoms. The molecule has 114 valence electrons. The van der Waals surface area contributed by atoms with Crippen LogP contribution in [0.25, 0.3) is 0 Å². The summed E-state index contributed by atoms with van der Waals surface area (Å²) in [5.74, 6) is -0.202. The summed E-state index contributed by atoms with van der Waals surface area (Å²) in [5, 5.41) is 0.715. The zero-order valence-corrected chi connectivity index (χ0v) is 13.6. The van der Waals surface area contributed by atoms with Gasteiger partial charge in [0.1, 0.15) is 10.8 Å². The van der Waals surface area contributed by atoms with Crippen molar-refractivity contribution in [1.29, 1.82) is 0 Å². The molecule has 1 heterocycles. The van der Waals surface area contributed by atoms with Gasteiger partial charge in [0.25, 0.3) is 0 Å². The summed E-state index contributed by atoms with van der Waals surface area (Å²) in [7, 11) is 0. The molecule has 1 aliphatic rings. The Kier molecular flexibility index (Phi) is 4.60. The fraction of sp³-hybridized carbons (Fsp3) is 0.235. The quantitative estimate of drug-likeness (QED) is 0.767. The zero-order chi connectivity index (χ0) is 15.5. The fourth-order valence-corrected chi connectivity index (χ4v) is 3.04. The van der Waals surface area contributed by atoms with Gasteiger partial charge < -0.3 is 9.80 Å². The van der Waals surface area contributed by atoms with E-state index in [-0.39, 0.29) is 5.82 Å². The Morgan fingerprint density at radius 3 is 2.09 bits per heavy atom. The lowest BCUT2D eigenvalue weighted by Crippen LogP contribution is -2.48. The molecule has 2 aromatic rings. The summed E-state index contributed by atoms with van der Waals surface area (Å²) in [4.78, 5) is 5.31. The van der Waals surface area contributed by atoms with Crippen LogP contribution in [0.3, 0.4) is 0 Å². The minimum absolute atomic E-state index is 0.202. The highest BCUT2D eigenvalue weighted by molar-refractivity contribution is 7.80. The maximum absolute atomic E-state index is 13.0. The lowest BCUT2D eigenvalue weighted by Gasteiger charge is -2.37. The summed E-state index contributed by atoms with van der Waals surface area (Å²) in [6.45, 7) is 3.47. The normalized spacial score (nSPS) is 15.0. The molecule has 2 aromatic carbocycles. The number of rotatable bonds is 2. The fourth-order valence-electron chi connectivity index (χ4n) is 2.59. The van der Waals surface area contributed by atoms with Crippen LogP contribution < -0.4 is 4.90 Å². The van der Waals surface area contributed by atoms with Crippen molar-refractivity contribution < 1.29 is 4.39 Å². The van der Waals surface area contributed by atoms with Crippen LogP contribution in [0.4, 0.5) is 10.1 Å². The van der Waals surface area contributed by atoms with Gasteiger partial charge >= 0.3 is 0 Å². The molecular weight excluding hydrogens is 319 g/mol. The van der Waals surface area contributed by atoms with Gasteiger partial charge in [-0.2, -0.15) is 0 Å². The van der Waals surface area contributed by atoms with E-state index in [0.717, 1.165) is 42.4 Å². The van der Waals surface area contributed by atoms with Gasteiger partial charge in [0, 0.05) is 42.5 Å². The van der Waals surface area contributed by atoms with E-state index in [2.05, 4.69) is 9.80 Å². The van der Waals surface area contributed by atoms with Crippen molar-refractivity contribution in [2.24, 2.45) is 0 Å². The molecule has 0 radical (unpaired) electrons. The van der Waals surface area contributed by atoms with Crippen LogP contribution in [-0.4, -0.2) is 36.1 Å². The van der Waals surface area contributed by atoms with E-state index in [1.54, 1.807) is 0 Å². The molecule has 0 atom stereocenters. The topological polar surface area (TPSA) is 6.48 Å². The minimum atomic E-state index is -0.202. The van der Waals surface area contributed by atoms with Crippen LogP contribution in [0.2, 0.25) is 5.02 Å². The Morgan fingerprint density at radius 2 is 1.50 bits per heavy atom. The number of anilines is 1. The van der Waals surface area contributed by atoms with E-state index >= 15 is 0 Å². The summed E-state index contributed by atoms with van der Waals surface area (Å²) in [6.07, 6.45) is 0. The number of nitrogens with zero attached hydrogens (tertiary/aromatic N) is 2. The third-order valence-corrected chi connectivity index (χ3v) is 4.60. The number of hydrogen-bond acceptors (Lipinski definition) is 2. The first-order chi connectivity index (χ1) is 10.6. The van der Waals surface area contributed by atoms with Gasteiger partial charge in [-0.1, -0.05) is 36.0 Å². The average molecular weight is 335 g/mol. The van der Waals surface area contributed by atoms with E-state index in [1.165, 1.54) is 12.1 Å². The van der Waals surface area contributed by atoms with E-state index in [9.17, 15) is 4.39 Å². The molecule has 0 amide bonds. The molecule has 3 rings (SSSR count). The van der Waals surface area contributed by atoms with E-state index < -0.39 is 0 Å². The lowest BCUT2D eigenvalue weighted by molar-refractivity contribution is 0.392. The lowest BCUT2D eigenvalue weighted by atomic mass is 10.2. The molecule has 1 aliphatic heterocycles. The van der Waals surface area contributed by atoms with Crippen molar-refractivity contribution >= 4 is 34.5 Å². The van der Waals surface area contributed by atoms with E-state index in [4.69, 9.17) is 23.8 Å². The molecule has 0 N–H and O–H groups in total. The molecule has 0 saturated carbocycles. The molecular formula is C17H16ClFN2S. The molecule has 1 saturated heterocycles. The molecule has 1 fully saturated rings. The van der Waals surface area contributed by atoms with Crippen LogP contribution in [0, 0.1) is 5.82 Å². The summed E-state index contributed by atoms with van der Waals surface area (Å²) in [6, 6.07) is 14.3. The van der Waals surface area contributed by atoms with Crippen LogP contribution in [0.1, 0.15) is 5.56 Å². The van der Waals surface area contributed by atoms with Gasteiger partial charge in [0.2, 0.25) is 0 Å². The second-order valence-electron chi connectivity index (χ2n) is 5.26. The third-order valence-electron chi connectivity index (χ3n) is 3.85. The summed E-state index contributed by atoms with van der Waals surface area (Å²) < 4.78 is 13.0. The van der Waals surface area contributed by atoms with Crippen LogP contribution in [0.5, 0.6) is 0 Å². The Labute approximate surface area is 140 Å². The van der Waals surface area contributed by atoms with Crippen molar-refractivity contribution in [2.75, 3.05) is 31.1 Å². The van der Waals surface area contributed by atoms with Gasteiger partial charge in [-0.15, -0.1) is 0 Å². The maximum atomic E-state index is 13.0. The second-order valence-corrected chi connectivity index (χ2v) is 6.09. The van der Waals surface area contributed by atoms with E-state index in [1.807, 2.05) is 36.4 Å². The van der Waals surface area contributed by atoms with Gasteiger partial charge in [0.05, 0.1) is 0 Å². The predicted molar refractivity (Wildman–Crippen MR) is 93.3 cm³/mol. The second kappa shape index (κ2) is 6.63. The van der Waals surface area contributed by atoms with Gasteiger partial charge in [-0.05, 0) is 36.4 Å². The summed E-state index contributed by atoms with van der Waals surface area (Å²) in [5.41, 5.74) is 2.08. The highest BCUT2D eigenvalue weighted by Crippen LogP contribution is 2.19. The predicted octanol–water partition coefficient (Wildman–Crippen LogP) is 3.98. The van der Waals surface area contributed by atoms with Gasteiger partial charge in [-0.3, -0.25) is 0 Å². The van der Waals surface area contributed by atoms with Crippen molar-refractivity contribution in [3.63, 3.8) is 0 Å². The molecule has 0 unspecified atom stereocenters. The number of hydrogen-bond donors (Lipinski definition) is 0. The first kappa shape index (κ1) is 15.3. The molecule has 2 nitrogen and oxygen atoms in total. The molecule has 0 aromatic heterocycles. The number of benzene rings is 2.